The Morgan fingerprint density at radius 1 is 0.236 bits per heavy atom. The van der Waals surface area contributed by atoms with E-state index in [1.165, 1.54) is 84.1 Å². The van der Waals surface area contributed by atoms with Crippen LogP contribution in [0.3, 0.4) is 0 Å². The summed E-state index contributed by atoms with van der Waals surface area (Å²) in [5, 5.41) is 9.92. The minimum absolute atomic E-state index is 1.09. The molecule has 14 aromatic rings. The van der Waals surface area contributed by atoms with Gasteiger partial charge in [0.05, 0.1) is 22.7 Å². The lowest BCUT2D eigenvalue weighted by Gasteiger charge is -2.32. The number of para-hydroxylation sites is 2. The predicted molar refractivity (Wildman–Crippen MR) is 313 cm³/mol. The van der Waals surface area contributed by atoms with Gasteiger partial charge in [-0.05, 0) is 129 Å². The zero-order chi connectivity index (χ0) is 47.5. The molecule has 0 amide bonds. The summed E-state index contributed by atoms with van der Waals surface area (Å²) in [4.78, 5) is 5.01. The van der Waals surface area contributed by atoms with Crippen LogP contribution in [0.5, 0.6) is 0 Å². The van der Waals surface area contributed by atoms with Crippen molar-refractivity contribution in [1.29, 1.82) is 0 Å². The summed E-state index contributed by atoms with van der Waals surface area (Å²) in [5.74, 6) is 0. The van der Waals surface area contributed by atoms with Crippen LogP contribution in [-0.4, -0.2) is 0 Å². The molecule has 72 heavy (non-hydrogen) atoms. The first-order valence-electron chi connectivity index (χ1n) is 24.5. The molecule has 2 nitrogen and oxygen atoms in total. The second-order valence-electron chi connectivity index (χ2n) is 18.4. The number of rotatable bonds is 9. The Bertz CT molecular complexity index is 4340. The third-order valence-electron chi connectivity index (χ3n) is 14.2. The number of thiophene rings is 2. The molecule has 0 unspecified atom stereocenters. The minimum atomic E-state index is 1.09. The maximum absolute atomic E-state index is 2.51. The molecular weight excluding hydrogens is 909 g/mol. The third-order valence-corrected chi connectivity index (χ3v) is 16.5. The van der Waals surface area contributed by atoms with E-state index in [0.717, 1.165) is 45.3 Å². The van der Waals surface area contributed by atoms with Gasteiger partial charge in [0.1, 0.15) is 0 Å². The van der Waals surface area contributed by atoms with Crippen molar-refractivity contribution in [3.63, 3.8) is 0 Å². The lowest BCUT2D eigenvalue weighted by atomic mass is 9.97. The van der Waals surface area contributed by atoms with E-state index < -0.39 is 0 Å². The van der Waals surface area contributed by atoms with Crippen molar-refractivity contribution in [2.45, 2.75) is 0 Å². The Morgan fingerprint density at radius 2 is 0.681 bits per heavy atom. The Hall–Kier alpha value is -8.80. The third kappa shape index (κ3) is 7.23. The summed E-state index contributed by atoms with van der Waals surface area (Å²) >= 11 is 3.73. The lowest BCUT2D eigenvalue weighted by Crippen LogP contribution is -2.14. The van der Waals surface area contributed by atoms with E-state index in [1.807, 2.05) is 22.7 Å². The molecule has 0 spiro atoms. The van der Waals surface area contributed by atoms with Crippen molar-refractivity contribution in [2.75, 3.05) is 9.80 Å². The van der Waals surface area contributed by atoms with Gasteiger partial charge in [0, 0.05) is 62.8 Å². The summed E-state index contributed by atoms with van der Waals surface area (Å²) in [6.45, 7) is 0. The highest BCUT2D eigenvalue weighted by Crippen LogP contribution is 2.52. The monoisotopic (exact) mass is 952 g/mol. The highest BCUT2D eigenvalue weighted by molar-refractivity contribution is 7.26. The highest BCUT2D eigenvalue weighted by Gasteiger charge is 2.26. The predicted octanol–water partition coefficient (Wildman–Crippen LogP) is 20.7. The van der Waals surface area contributed by atoms with Gasteiger partial charge in [0.15, 0.2) is 0 Å². The van der Waals surface area contributed by atoms with Gasteiger partial charge < -0.3 is 9.80 Å². The topological polar surface area (TPSA) is 6.48 Å². The fourth-order valence-corrected chi connectivity index (χ4v) is 13.1. The molecule has 0 aliphatic carbocycles. The van der Waals surface area contributed by atoms with Crippen molar-refractivity contribution < 1.29 is 0 Å². The van der Waals surface area contributed by atoms with Crippen LogP contribution in [0, 0.1) is 0 Å². The second kappa shape index (κ2) is 17.6. The van der Waals surface area contributed by atoms with Gasteiger partial charge in [-0.25, -0.2) is 0 Å². The molecule has 0 fully saturated rings. The zero-order valence-electron chi connectivity index (χ0n) is 39.1. The molecule has 0 saturated heterocycles. The summed E-state index contributed by atoms with van der Waals surface area (Å²) in [6, 6.07) is 98.2. The number of hydrogen-bond donors (Lipinski definition) is 0. The van der Waals surface area contributed by atoms with Gasteiger partial charge in [0.2, 0.25) is 0 Å². The van der Waals surface area contributed by atoms with Crippen LogP contribution in [0.2, 0.25) is 0 Å². The molecule has 0 radical (unpaired) electrons. The fraction of sp³-hybridized carbons (Fsp3) is 0. The summed E-state index contributed by atoms with van der Waals surface area (Å²) in [7, 11) is 0. The van der Waals surface area contributed by atoms with Crippen LogP contribution in [0.25, 0.3) is 95.3 Å². The van der Waals surface area contributed by atoms with E-state index in [2.05, 4.69) is 277 Å². The summed E-state index contributed by atoms with van der Waals surface area (Å²) < 4.78 is 5.09. The molecule has 0 atom stereocenters. The highest BCUT2D eigenvalue weighted by atomic mass is 32.1. The average molecular weight is 953 g/mol. The molecular formula is C68H44N2S2. The first-order chi connectivity index (χ1) is 35.7. The van der Waals surface area contributed by atoms with Crippen LogP contribution in [0.4, 0.5) is 34.1 Å². The van der Waals surface area contributed by atoms with Crippen LogP contribution >= 0.6 is 22.7 Å². The Balaban J connectivity index is 1.00. The van der Waals surface area contributed by atoms with Crippen LogP contribution in [0.15, 0.2) is 267 Å². The van der Waals surface area contributed by atoms with Crippen molar-refractivity contribution in [1.82, 2.24) is 0 Å². The minimum Gasteiger partial charge on any atom is -0.309 e. The number of nitrogens with zero attached hydrogens (tertiary/aromatic N) is 2. The van der Waals surface area contributed by atoms with Crippen LogP contribution in [0.1, 0.15) is 0 Å². The molecule has 14 rings (SSSR count). The van der Waals surface area contributed by atoms with Gasteiger partial charge in [-0.15, -0.1) is 22.7 Å². The number of hydrogen-bond acceptors (Lipinski definition) is 4. The first-order valence-corrected chi connectivity index (χ1v) is 26.1. The van der Waals surface area contributed by atoms with E-state index in [9.17, 15) is 0 Å². The van der Waals surface area contributed by atoms with Gasteiger partial charge in [-0.1, -0.05) is 182 Å². The Kier molecular flexibility index (Phi) is 10.3. The Morgan fingerprint density at radius 3 is 1.38 bits per heavy atom. The molecule has 0 saturated carbocycles. The molecule has 2 aromatic heterocycles. The number of fused-ring (bicyclic) bond motifs is 8. The average Bonchev–Trinajstić information content (AvgIpc) is 4.02. The standard InChI is InChI=1S/C68H44N2S2/c1-3-17-45(18-4-1)47-35-38-53(39-36-47)69(62-29-16-32-65-68(62)58-43-48-21-7-8-22-49(48)44-66(58)72-65)59-26-12-9-23-55(59)56-24-10-13-27-60(56)70(61-28-15-31-64-67(61)57-25-11-14-30-63(57)71-64)54-40-37-51-41-50(33-34-52(51)42-54)46-19-5-2-6-20-46/h1-44H. The molecule has 0 aliphatic heterocycles. The Labute approximate surface area is 426 Å². The SMILES string of the molecule is c1ccc(-c2ccc(N(c3ccccc3-c3ccccc3N(c3ccc4cc(-c5ccccc5)ccc4c3)c3cccc4sc5ccccc5c34)c3cccc4sc5cc6ccccc6cc5c34)cc2)cc1. The second-order valence-corrected chi connectivity index (χ2v) is 20.6. The van der Waals surface area contributed by atoms with Crippen LogP contribution in [-0.2, 0) is 0 Å². The first kappa shape index (κ1) is 42.1. The quantitative estimate of drug-likeness (QED) is 0.142. The van der Waals surface area contributed by atoms with E-state index in [1.54, 1.807) is 0 Å². The number of anilines is 6. The van der Waals surface area contributed by atoms with E-state index in [0.29, 0.717) is 0 Å². The van der Waals surface area contributed by atoms with Crippen molar-refractivity contribution >= 4 is 119 Å². The van der Waals surface area contributed by atoms with E-state index in [4.69, 9.17) is 0 Å². The largest absolute Gasteiger partial charge is 0.309 e. The molecule has 4 heteroatoms. The van der Waals surface area contributed by atoms with Crippen molar-refractivity contribution in [3.8, 4) is 33.4 Å². The van der Waals surface area contributed by atoms with Gasteiger partial charge in [-0.3, -0.25) is 0 Å². The number of benzene rings is 12. The molecule has 0 N–H and O–H groups in total. The zero-order valence-corrected chi connectivity index (χ0v) is 40.7. The van der Waals surface area contributed by atoms with Gasteiger partial charge >= 0.3 is 0 Å². The normalized spacial score (nSPS) is 11.6. The summed E-state index contributed by atoms with van der Waals surface area (Å²) in [6.07, 6.45) is 0. The van der Waals surface area contributed by atoms with Gasteiger partial charge in [0.25, 0.3) is 0 Å². The summed E-state index contributed by atoms with van der Waals surface area (Å²) in [5.41, 5.74) is 13.7. The maximum atomic E-state index is 2.51. The molecule has 0 bridgehead atoms. The van der Waals surface area contributed by atoms with Crippen molar-refractivity contribution in [3.05, 3.63) is 267 Å². The molecule has 338 valence electrons. The van der Waals surface area contributed by atoms with Gasteiger partial charge in [-0.2, -0.15) is 0 Å². The van der Waals surface area contributed by atoms with E-state index >= 15 is 0 Å². The van der Waals surface area contributed by atoms with E-state index in [-0.39, 0.29) is 0 Å². The van der Waals surface area contributed by atoms with Crippen molar-refractivity contribution in [2.24, 2.45) is 0 Å². The molecule has 12 aromatic carbocycles. The smallest absolute Gasteiger partial charge is 0.0555 e. The lowest BCUT2D eigenvalue weighted by molar-refractivity contribution is 1.28. The molecule has 0 aliphatic rings. The van der Waals surface area contributed by atoms with Crippen LogP contribution < -0.4 is 9.80 Å². The molecule has 2 heterocycles. The fourth-order valence-electron chi connectivity index (χ4n) is 10.8. The maximum Gasteiger partial charge on any atom is 0.0555 e.